The highest BCUT2D eigenvalue weighted by molar-refractivity contribution is 6.08. The average Bonchev–Trinajstić information content (AvgIpc) is 2.74. The van der Waals surface area contributed by atoms with Crippen LogP contribution >= 0.6 is 0 Å². The lowest BCUT2D eigenvalue weighted by Gasteiger charge is -2.11. The van der Waals surface area contributed by atoms with E-state index in [0.29, 0.717) is 28.3 Å². The number of hydrogen-bond acceptors (Lipinski definition) is 4. The molecule has 4 aromatic rings. The predicted molar refractivity (Wildman–Crippen MR) is 105 cm³/mol. The first-order valence-electron chi connectivity index (χ1n) is 8.70. The van der Waals surface area contributed by atoms with E-state index in [1.807, 2.05) is 0 Å². The van der Waals surface area contributed by atoms with Gasteiger partial charge in [-0.15, -0.1) is 0 Å². The Morgan fingerprint density at radius 1 is 0.862 bits per heavy atom. The number of hydrogen-bond donors (Lipinski definition) is 1. The van der Waals surface area contributed by atoms with Gasteiger partial charge in [0.25, 0.3) is 5.91 Å². The highest BCUT2D eigenvalue weighted by atomic mass is 19.1. The van der Waals surface area contributed by atoms with Crippen molar-refractivity contribution in [3.8, 4) is 22.6 Å². The number of pyridine rings is 1. The molecule has 0 spiro atoms. The summed E-state index contributed by atoms with van der Waals surface area (Å²) in [7, 11) is 0. The molecule has 0 atom stereocenters. The Bertz CT molecular complexity index is 1170. The molecule has 2 aromatic heterocycles. The first-order valence-corrected chi connectivity index (χ1v) is 8.70. The predicted octanol–water partition coefficient (Wildman–Crippen LogP) is 4.74. The smallest absolute Gasteiger partial charge is 0.259 e. The van der Waals surface area contributed by atoms with E-state index < -0.39 is 11.7 Å². The van der Waals surface area contributed by atoms with Gasteiger partial charge < -0.3 is 5.32 Å². The molecule has 0 saturated carbocycles. The lowest BCUT2D eigenvalue weighted by Crippen LogP contribution is -2.15. The van der Waals surface area contributed by atoms with Crippen LogP contribution in [-0.4, -0.2) is 20.9 Å². The molecule has 5 nitrogen and oxygen atoms in total. The summed E-state index contributed by atoms with van der Waals surface area (Å²) in [6.45, 7) is 0. The van der Waals surface area contributed by atoms with E-state index in [1.165, 1.54) is 36.5 Å². The van der Waals surface area contributed by atoms with E-state index in [9.17, 15) is 13.6 Å². The van der Waals surface area contributed by atoms with Crippen molar-refractivity contribution in [1.29, 1.82) is 0 Å². The lowest BCUT2D eigenvalue weighted by atomic mass is 10.1. The monoisotopic (exact) mass is 388 g/mol. The van der Waals surface area contributed by atoms with Gasteiger partial charge in [-0.3, -0.25) is 9.78 Å². The zero-order valence-electron chi connectivity index (χ0n) is 15.0. The number of aromatic nitrogens is 3. The first-order chi connectivity index (χ1) is 14.1. The fraction of sp³-hybridized carbons (Fsp3) is 0. The fourth-order valence-corrected chi connectivity index (χ4v) is 2.78. The van der Waals surface area contributed by atoms with Crippen molar-refractivity contribution in [1.82, 2.24) is 15.0 Å². The molecule has 0 aliphatic rings. The van der Waals surface area contributed by atoms with Crippen LogP contribution in [0.3, 0.4) is 0 Å². The quantitative estimate of drug-likeness (QED) is 0.549. The van der Waals surface area contributed by atoms with Crippen LogP contribution in [0.2, 0.25) is 0 Å². The van der Waals surface area contributed by atoms with Crippen molar-refractivity contribution in [2.24, 2.45) is 0 Å². The van der Waals surface area contributed by atoms with E-state index in [4.69, 9.17) is 0 Å². The second-order valence-corrected chi connectivity index (χ2v) is 6.16. The van der Waals surface area contributed by atoms with Gasteiger partial charge in [0.15, 0.2) is 5.82 Å². The van der Waals surface area contributed by atoms with Crippen LogP contribution in [0, 0.1) is 11.6 Å². The summed E-state index contributed by atoms with van der Waals surface area (Å²) < 4.78 is 26.6. The number of nitrogens with one attached hydrogen (secondary N) is 1. The summed E-state index contributed by atoms with van der Waals surface area (Å²) in [6.07, 6.45) is 4.57. The minimum atomic E-state index is -0.479. The van der Waals surface area contributed by atoms with E-state index in [1.54, 1.807) is 42.7 Å². The molecule has 2 aromatic carbocycles. The summed E-state index contributed by atoms with van der Waals surface area (Å²) >= 11 is 0. The standard InChI is InChI=1S/C22H14F2N4O/c23-16-6-4-15(5-7-16)21-26-13-19(20(28-21)14-8-10-25-11-9-14)22(29)27-18-3-1-2-17(24)12-18/h1-13H,(H,27,29). The van der Waals surface area contributed by atoms with E-state index in [2.05, 4.69) is 20.3 Å². The molecule has 4 rings (SSSR count). The molecule has 2 heterocycles. The van der Waals surface area contributed by atoms with Crippen LogP contribution in [0.25, 0.3) is 22.6 Å². The molecular formula is C22H14F2N4O. The van der Waals surface area contributed by atoms with E-state index in [-0.39, 0.29) is 11.4 Å². The van der Waals surface area contributed by atoms with Gasteiger partial charge in [0, 0.05) is 35.4 Å². The van der Waals surface area contributed by atoms with Gasteiger partial charge >= 0.3 is 0 Å². The van der Waals surface area contributed by atoms with Crippen molar-refractivity contribution in [2.75, 3.05) is 5.32 Å². The number of halogens is 2. The van der Waals surface area contributed by atoms with Crippen molar-refractivity contribution in [3.63, 3.8) is 0 Å². The Kier molecular flexibility index (Phi) is 5.03. The van der Waals surface area contributed by atoms with Crippen LogP contribution in [0.1, 0.15) is 10.4 Å². The van der Waals surface area contributed by atoms with E-state index >= 15 is 0 Å². The van der Waals surface area contributed by atoms with Gasteiger partial charge in [-0.05, 0) is 54.6 Å². The van der Waals surface area contributed by atoms with Crippen LogP contribution in [0.4, 0.5) is 14.5 Å². The molecule has 0 bridgehead atoms. The highest BCUT2D eigenvalue weighted by Gasteiger charge is 2.17. The summed E-state index contributed by atoms with van der Waals surface area (Å²) in [5, 5.41) is 2.65. The van der Waals surface area contributed by atoms with Crippen molar-refractivity contribution in [3.05, 3.63) is 96.5 Å². The second kappa shape index (κ2) is 7.93. The molecule has 0 unspecified atom stereocenters. The van der Waals surface area contributed by atoms with Gasteiger partial charge in [0.05, 0.1) is 11.3 Å². The molecular weight excluding hydrogens is 374 g/mol. The number of rotatable bonds is 4. The number of carbonyl (C=O) groups is 1. The molecule has 142 valence electrons. The molecule has 0 aliphatic heterocycles. The Balaban J connectivity index is 1.76. The molecule has 1 N–H and O–H groups in total. The van der Waals surface area contributed by atoms with E-state index in [0.717, 1.165) is 0 Å². The van der Waals surface area contributed by atoms with Crippen LogP contribution in [-0.2, 0) is 0 Å². The van der Waals surface area contributed by atoms with Crippen molar-refractivity contribution < 1.29 is 13.6 Å². The number of nitrogens with zero attached hydrogens (tertiary/aromatic N) is 3. The molecule has 1 amide bonds. The second-order valence-electron chi connectivity index (χ2n) is 6.16. The Labute approximate surface area is 165 Å². The largest absolute Gasteiger partial charge is 0.322 e. The Hall–Kier alpha value is -4.00. The van der Waals surface area contributed by atoms with Crippen LogP contribution < -0.4 is 5.32 Å². The average molecular weight is 388 g/mol. The minimum Gasteiger partial charge on any atom is -0.322 e. The first kappa shape index (κ1) is 18.4. The summed E-state index contributed by atoms with van der Waals surface area (Å²) in [6, 6.07) is 14.8. The normalized spacial score (nSPS) is 10.6. The maximum absolute atomic E-state index is 13.4. The highest BCUT2D eigenvalue weighted by Crippen LogP contribution is 2.25. The third-order valence-corrected chi connectivity index (χ3v) is 4.17. The summed E-state index contributed by atoms with van der Waals surface area (Å²) in [5.74, 6) is -0.957. The topological polar surface area (TPSA) is 67.8 Å². The fourth-order valence-electron chi connectivity index (χ4n) is 2.78. The maximum Gasteiger partial charge on any atom is 0.259 e. The number of amides is 1. The molecule has 7 heteroatoms. The zero-order chi connectivity index (χ0) is 20.2. The Morgan fingerprint density at radius 3 is 2.34 bits per heavy atom. The summed E-state index contributed by atoms with van der Waals surface area (Å²) in [4.78, 5) is 25.6. The number of anilines is 1. The molecule has 29 heavy (non-hydrogen) atoms. The van der Waals surface area contributed by atoms with Gasteiger partial charge in [-0.25, -0.2) is 18.7 Å². The summed E-state index contributed by atoms with van der Waals surface area (Å²) in [5.41, 5.74) is 2.19. The number of carbonyl (C=O) groups excluding carboxylic acids is 1. The van der Waals surface area contributed by atoms with Gasteiger partial charge in [-0.1, -0.05) is 6.07 Å². The SMILES string of the molecule is O=C(Nc1cccc(F)c1)c1cnc(-c2ccc(F)cc2)nc1-c1ccncc1. The van der Waals surface area contributed by atoms with Crippen LogP contribution in [0.15, 0.2) is 79.3 Å². The maximum atomic E-state index is 13.4. The third kappa shape index (κ3) is 4.14. The van der Waals surface area contributed by atoms with Crippen LogP contribution in [0.5, 0.6) is 0 Å². The molecule has 0 saturated heterocycles. The number of benzene rings is 2. The molecule has 0 aliphatic carbocycles. The lowest BCUT2D eigenvalue weighted by molar-refractivity contribution is 0.102. The molecule has 0 radical (unpaired) electrons. The van der Waals surface area contributed by atoms with Gasteiger partial charge in [-0.2, -0.15) is 0 Å². The Morgan fingerprint density at radius 2 is 1.62 bits per heavy atom. The van der Waals surface area contributed by atoms with Gasteiger partial charge in [0.1, 0.15) is 11.6 Å². The van der Waals surface area contributed by atoms with Crippen molar-refractivity contribution >= 4 is 11.6 Å². The zero-order valence-corrected chi connectivity index (χ0v) is 15.0. The minimum absolute atomic E-state index is 0.214. The van der Waals surface area contributed by atoms with Gasteiger partial charge in [0.2, 0.25) is 0 Å². The van der Waals surface area contributed by atoms with Crippen molar-refractivity contribution in [2.45, 2.75) is 0 Å². The third-order valence-electron chi connectivity index (χ3n) is 4.17. The molecule has 0 fully saturated rings.